The molecule has 2 aliphatic rings. The zero-order valence-corrected chi connectivity index (χ0v) is 18.5. The minimum Gasteiger partial charge on any atom is -0.324 e. The largest absolute Gasteiger partial charge is 0.324 e. The van der Waals surface area contributed by atoms with Crippen LogP contribution in [-0.2, 0) is 20.9 Å². The molecule has 3 aromatic rings. The van der Waals surface area contributed by atoms with Crippen molar-refractivity contribution in [3.63, 3.8) is 0 Å². The fourth-order valence-corrected chi connectivity index (χ4v) is 4.19. The van der Waals surface area contributed by atoms with Crippen molar-refractivity contribution in [1.82, 2.24) is 30.2 Å². The molecule has 4 heterocycles. The first kappa shape index (κ1) is 22.1. The predicted molar refractivity (Wildman–Crippen MR) is 120 cm³/mol. The zero-order chi connectivity index (χ0) is 24.7. The molecule has 2 aliphatic heterocycles. The second-order valence-corrected chi connectivity index (χ2v) is 8.19. The smallest absolute Gasteiger partial charge is 0.264 e. The van der Waals surface area contributed by atoms with Gasteiger partial charge in [-0.05, 0) is 37.1 Å². The summed E-state index contributed by atoms with van der Waals surface area (Å²) in [5, 5.41) is 12.8. The van der Waals surface area contributed by atoms with Crippen molar-refractivity contribution in [1.29, 1.82) is 0 Å². The predicted octanol–water partition coefficient (Wildman–Crippen LogP) is 0.688. The zero-order valence-electron chi connectivity index (χ0n) is 18.5. The van der Waals surface area contributed by atoms with Gasteiger partial charge >= 0.3 is 0 Å². The van der Waals surface area contributed by atoms with E-state index in [0.717, 1.165) is 10.5 Å². The van der Waals surface area contributed by atoms with E-state index in [9.17, 15) is 24.0 Å². The number of imide groups is 2. The highest BCUT2D eigenvalue weighted by molar-refractivity contribution is 6.26. The lowest BCUT2D eigenvalue weighted by Gasteiger charge is -2.27. The average molecular weight is 473 g/mol. The van der Waals surface area contributed by atoms with Crippen LogP contribution in [0.25, 0.3) is 11.4 Å². The third-order valence-electron chi connectivity index (χ3n) is 5.84. The van der Waals surface area contributed by atoms with Gasteiger partial charge in [-0.25, -0.2) is 4.68 Å². The Kier molecular flexibility index (Phi) is 5.40. The molecule has 1 fully saturated rings. The van der Waals surface area contributed by atoms with Crippen LogP contribution < -0.4 is 10.6 Å². The molecule has 1 atom stereocenters. The summed E-state index contributed by atoms with van der Waals surface area (Å²) in [6, 6.07) is 7.09. The molecule has 0 bridgehead atoms. The molecule has 1 saturated heterocycles. The van der Waals surface area contributed by atoms with Crippen LogP contribution >= 0.6 is 0 Å². The Morgan fingerprint density at radius 1 is 1.14 bits per heavy atom. The van der Waals surface area contributed by atoms with E-state index in [-0.39, 0.29) is 36.2 Å². The van der Waals surface area contributed by atoms with Crippen LogP contribution in [0.4, 0.5) is 5.69 Å². The molecule has 5 amide bonds. The number of anilines is 1. The Morgan fingerprint density at radius 3 is 2.74 bits per heavy atom. The molecule has 35 heavy (non-hydrogen) atoms. The maximum Gasteiger partial charge on any atom is 0.264 e. The normalized spacial score (nSPS) is 17.4. The Balaban J connectivity index is 1.34. The van der Waals surface area contributed by atoms with E-state index in [0.29, 0.717) is 11.4 Å². The number of carbonyl (C=O) groups is 5. The molecule has 0 radical (unpaired) electrons. The number of nitrogens with one attached hydrogen (secondary N) is 2. The standard InChI is InChI=1S/C23H19N7O5/c1-12-4-3-9-24-20(12)15-10-29(28-27-15)11-18(32)25-14-6-2-5-13-19(14)23(35)30(22(13)34)16-7-8-17(31)26-21(16)33/h2-6,9-10,16H,7-8,11H2,1H3,(H,25,32)(H,26,31,33). The number of rotatable bonds is 5. The molecule has 0 aliphatic carbocycles. The Hall–Kier alpha value is -4.74. The van der Waals surface area contributed by atoms with Gasteiger partial charge in [-0.3, -0.25) is 39.2 Å². The fourth-order valence-electron chi connectivity index (χ4n) is 4.19. The van der Waals surface area contributed by atoms with E-state index in [1.165, 1.54) is 22.9 Å². The first-order valence-electron chi connectivity index (χ1n) is 10.8. The number of hydrogen-bond donors (Lipinski definition) is 2. The number of nitrogens with zero attached hydrogens (tertiary/aromatic N) is 5. The van der Waals surface area contributed by atoms with Gasteiger partial charge in [0.15, 0.2) is 0 Å². The minimum atomic E-state index is -1.09. The lowest BCUT2D eigenvalue weighted by molar-refractivity contribution is -0.136. The van der Waals surface area contributed by atoms with Crippen molar-refractivity contribution in [2.24, 2.45) is 0 Å². The molecular weight excluding hydrogens is 454 g/mol. The molecule has 12 nitrogen and oxygen atoms in total. The Bertz CT molecular complexity index is 1410. The maximum absolute atomic E-state index is 13.1. The van der Waals surface area contributed by atoms with E-state index in [2.05, 4.69) is 25.9 Å². The van der Waals surface area contributed by atoms with E-state index in [1.54, 1.807) is 12.4 Å². The third-order valence-corrected chi connectivity index (χ3v) is 5.84. The Morgan fingerprint density at radius 2 is 1.97 bits per heavy atom. The molecule has 2 aromatic heterocycles. The third kappa shape index (κ3) is 3.94. The van der Waals surface area contributed by atoms with Gasteiger partial charge in [0.25, 0.3) is 11.8 Å². The van der Waals surface area contributed by atoms with Crippen LogP contribution in [0.5, 0.6) is 0 Å². The van der Waals surface area contributed by atoms with E-state index in [1.807, 2.05) is 19.1 Å². The average Bonchev–Trinajstić information content (AvgIpc) is 3.37. The number of fused-ring (bicyclic) bond motifs is 1. The van der Waals surface area contributed by atoms with Crippen LogP contribution in [0.15, 0.2) is 42.7 Å². The quantitative estimate of drug-likeness (QED) is 0.513. The second-order valence-electron chi connectivity index (χ2n) is 8.19. The second kappa shape index (κ2) is 8.56. The van der Waals surface area contributed by atoms with Crippen LogP contribution in [0.3, 0.4) is 0 Å². The van der Waals surface area contributed by atoms with Crippen molar-refractivity contribution in [2.45, 2.75) is 32.4 Å². The van der Waals surface area contributed by atoms with Crippen LogP contribution in [0.2, 0.25) is 0 Å². The van der Waals surface area contributed by atoms with Crippen molar-refractivity contribution in [2.75, 3.05) is 5.32 Å². The van der Waals surface area contributed by atoms with Gasteiger partial charge in [0.2, 0.25) is 17.7 Å². The van der Waals surface area contributed by atoms with Crippen LogP contribution in [0, 0.1) is 6.92 Å². The van der Waals surface area contributed by atoms with Crippen molar-refractivity contribution < 1.29 is 24.0 Å². The highest BCUT2D eigenvalue weighted by atomic mass is 16.2. The Labute approximate surface area is 198 Å². The lowest BCUT2D eigenvalue weighted by atomic mass is 10.0. The topological polar surface area (TPSA) is 156 Å². The van der Waals surface area contributed by atoms with Crippen molar-refractivity contribution >= 4 is 35.2 Å². The van der Waals surface area contributed by atoms with E-state index >= 15 is 0 Å². The molecule has 1 unspecified atom stereocenters. The first-order valence-corrected chi connectivity index (χ1v) is 10.8. The summed E-state index contributed by atoms with van der Waals surface area (Å²) in [6.45, 7) is 1.70. The molecular formula is C23H19N7O5. The summed E-state index contributed by atoms with van der Waals surface area (Å²) in [6.07, 6.45) is 3.29. The van der Waals surface area contributed by atoms with Gasteiger partial charge in [-0.1, -0.05) is 17.3 Å². The summed E-state index contributed by atoms with van der Waals surface area (Å²) in [5.41, 5.74) is 2.29. The fraction of sp³-hybridized carbons (Fsp3) is 0.217. The highest BCUT2D eigenvalue weighted by Crippen LogP contribution is 2.32. The van der Waals surface area contributed by atoms with Gasteiger partial charge in [0, 0.05) is 12.6 Å². The molecule has 1 aromatic carbocycles. The van der Waals surface area contributed by atoms with Gasteiger partial charge in [-0.15, -0.1) is 5.10 Å². The molecule has 0 saturated carbocycles. The number of piperidine rings is 1. The van der Waals surface area contributed by atoms with E-state index < -0.39 is 35.6 Å². The van der Waals surface area contributed by atoms with Gasteiger partial charge < -0.3 is 5.32 Å². The molecule has 176 valence electrons. The number of aromatic nitrogens is 4. The number of carbonyl (C=O) groups excluding carboxylic acids is 5. The summed E-state index contributed by atoms with van der Waals surface area (Å²) in [4.78, 5) is 67.6. The molecule has 0 spiro atoms. The van der Waals surface area contributed by atoms with Crippen molar-refractivity contribution in [3.8, 4) is 11.4 Å². The number of aryl methyl sites for hydroxylation is 1. The van der Waals surface area contributed by atoms with Gasteiger partial charge in [0.1, 0.15) is 18.3 Å². The summed E-state index contributed by atoms with van der Waals surface area (Å²) < 4.78 is 1.34. The van der Waals surface area contributed by atoms with Crippen LogP contribution in [-0.4, -0.2) is 60.5 Å². The lowest BCUT2D eigenvalue weighted by Crippen LogP contribution is -2.54. The van der Waals surface area contributed by atoms with Crippen molar-refractivity contribution in [3.05, 3.63) is 59.4 Å². The number of benzene rings is 1. The van der Waals surface area contributed by atoms with Gasteiger partial charge in [-0.2, -0.15) is 0 Å². The minimum absolute atomic E-state index is 0.000982. The molecule has 12 heteroatoms. The highest BCUT2D eigenvalue weighted by Gasteiger charge is 2.45. The number of amides is 5. The summed E-state index contributed by atoms with van der Waals surface area (Å²) in [7, 11) is 0. The summed E-state index contributed by atoms with van der Waals surface area (Å²) >= 11 is 0. The molecule has 5 rings (SSSR count). The van der Waals surface area contributed by atoms with Gasteiger partial charge in [0.05, 0.1) is 28.7 Å². The van der Waals surface area contributed by atoms with E-state index in [4.69, 9.17) is 0 Å². The maximum atomic E-state index is 13.1. The molecule has 2 N–H and O–H groups in total. The first-order chi connectivity index (χ1) is 16.8. The SMILES string of the molecule is Cc1cccnc1-c1cn(CC(=O)Nc2cccc3c2C(=O)N(C2CCC(=O)NC2=O)C3=O)nn1. The summed E-state index contributed by atoms with van der Waals surface area (Å²) in [5.74, 6) is -3.00. The van der Waals surface area contributed by atoms with Crippen LogP contribution in [0.1, 0.15) is 39.1 Å². The number of hydrogen-bond acceptors (Lipinski definition) is 8. The number of pyridine rings is 1. The monoisotopic (exact) mass is 473 g/mol.